The standard InChI is InChI=1S/C9H18O3S/c1-8(2)4-6-13(11,12)7-5-9(3)10/h8H,4-7H2,1-3H3. The van der Waals surface area contributed by atoms with Gasteiger partial charge in [0.25, 0.3) is 0 Å². The summed E-state index contributed by atoms with van der Waals surface area (Å²) in [6.45, 7) is 5.39. The Morgan fingerprint density at radius 3 is 2.15 bits per heavy atom. The molecular formula is C9H18O3S. The molecule has 0 aromatic carbocycles. The van der Waals surface area contributed by atoms with Gasteiger partial charge in [-0.3, -0.25) is 4.79 Å². The van der Waals surface area contributed by atoms with Gasteiger partial charge in [0.2, 0.25) is 0 Å². The molecule has 3 nitrogen and oxygen atoms in total. The molecule has 0 saturated carbocycles. The molecule has 4 heteroatoms. The van der Waals surface area contributed by atoms with E-state index in [1.54, 1.807) is 0 Å². The van der Waals surface area contributed by atoms with Gasteiger partial charge in [0.1, 0.15) is 5.78 Å². The van der Waals surface area contributed by atoms with Gasteiger partial charge in [0.15, 0.2) is 9.84 Å². The maximum absolute atomic E-state index is 11.3. The molecule has 0 aliphatic carbocycles. The Morgan fingerprint density at radius 2 is 1.77 bits per heavy atom. The van der Waals surface area contributed by atoms with Crippen molar-refractivity contribution in [3.8, 4) is 0 Å². The van der Waals surface area contributed by atoms with E-state index < -0.39 is 9.84 Å². The van der Waals surface area contributed by atoms with Crippen molar-refractivity contribution in [1.82, 2.24) is 0 Å². The Bertz CT molecular complexity index is 252. The highest BCUT2D eigenvalue weighted by atomic mass is 32.2. The van der Waals surface area contributed by atoms with Crippen LogP contribution in [0.15, 0.2) is 0 Å². The number of ketones is 1. The first-order valence-electron chi connectivity index (χ1n) is 4.53. The lowest BCUT2D eigenvalue weighted by molar-refractivity contribution is -0.116. The van der Waals surface area contributed by atoms with Crippen molar-refractivity contribution >= 4 is 15.6 Å². The van der Waals surface area contributed by atoms with Crippen LogP contribution < -0.4 is 0 Å². The lowest BCUT2D eigenvalue weighted by Crippen LogP contribution is -2.14. The Labute approximate surface area is 80.4 Å². The van der Waals surface area contributed by atoms with E-state index in [0.29, 0.717) is 12.3 Å². The third kappa shape index (κ3) is 7.96. The minimum absolute atomic E-state index is 0.00898. The maximum Gasteiger partial charge on any atom is 0.150 e. The maximum atomic E-state index is 11.3. The topological polar surface area (TPSA) is 51.2 Å². The molecule has 0 atom stereocenters. The third-order valence-electron chi connectivity index (χ3n) is 1.77. The molecule has 0 heterocycles. The monoisotopic (exact) mass is 206 g/mol. The van der Waals surface area contributed by atoms with Crippen molar-refractivity contribution in [3.05, 3.63) is 0 Å². The minimum atomic E-state index is -2.99. The molecular weight excluding hydrogens is 188 g/mol. The Morgan fingerprint density at radius 1 is 1.23 bits per heavy atom. The molecule has 0 saturated heterocycles. The Balaban J connectivity index is 3.88. The predicted molar refractivity (Wildman–Crippen MR) is 53.4 cm³/mol. The van der Waals surface area contributed by atoms with E-state index in [2.05, 4.69) is 0 Å². The van der Waals surface area contributed by atoms with Crippen LogP contribution in [-0.2, 0) is 14.6 Å². The summed E-state index contributed by atoms with van der Waals surface area (Å²) in [5.41, 5.74) is 0. The summed E-state index contributed by atoms with van der Waals surface area (Å²) >= 11 is 0. The normalized spacial score (nSPS) is 12.0. The average molecular weight is 206 g/mol. The number of carbonyl (C=O) groups excluding carboxylic acids is 1. The van der Waals surface area contributed by atoms with Crippen LogP contribution in [0.3, 0.4) is 0 Å². The average Bonchev–Trinajstić information content (AvgIpc) is 1.98. The zero-order valence-corrected chi connectivity index (χ0v) is 9.36. The van der Waals surface area contributed by atoms with Gasteiger partial charge < -0.3 is 0 Å². The molecule has 0 fully saturated rings. The van der Waals surface area contributed by atoms with Gasteiger partial charge in [-0.2, -0.15) is 0 Å². The lowest BCUT2D eigenvalue weighted by atomic mass is 10.2. The molecule has 78 valence electrons. The first-order valence-corrected chi connectivity index (χ1v) is 6.35. The zero-order chi connectivity index (χ0) is 10.5. The summed E-state index contributed by atoms with van der Waals surface area (Å²) in [5.74, 6) is 0.549. The quantitative estimate of drug-likeness (QED) is 0.660. The Hall–Kier alpha value is -0.380. The van der Waals surface area contributed by atoms with Gasteiger partial charge in [-0.15, -0.1) is 0 Å². The van der Waals surface area contributed by atoms with Crippen LogP contribution in [0.4, 0.5) is 0 Å². The number of Topliss-reactive ketones (excluding diaryl/α,β-unsaturated/α-hetero) is 1. The molecule has 0 aliphatic heterocycles. The van der Waals surface area contributed by atoms with Crippen molar-refractivity contribution in [1.29, 1.82) is 0 Å². The molecule has 0 bridgehead atoms. The van der Waals surface area contributed by atoms with Crippen molar-refractivity contribution in [3.63, 3.8) is 0 Å². The van der Waals surface area contributed by atoms with E-state index in [0.717, 1.165) is 0 Å². The molecule has 0 aromatic heterocycles. The van der Waals surface area contributed by atoms with Crippen molar-refractivity contribution < 1.29 is 13.2 Å². The van der Waals surface area contributed by atoms with Gasteiger partial charge in [-0.25, -0.2) is 8.42 Å². The predicted octanol–water partition coefficient (Wildman–Crippen LogP) is 1.43. The summed E-state index contributed by atoms with van der Waals surface area (Å²) in [6.07, 6.45) is 0.834. The highest BCUT2D eigenvalue weighted by molar-refractivity contribution is 7.91. The molecule has 0 aliphatic rings. The van der Waals surface area contributed by atoms with Crippen LogP contribution in [0, 0.1) is 5.92 Å². The molecule has 0 unspecified atom stereocenters. The van der Waals surface area contributed by atoms with Crippen LogP contribution in [0.1, 0.15) is 33.6 Å². The third-order valence-corrected chi connectivity index (χ3v) is 3.46. The molecule has 0 aromatic rings. The molecule has 0 amide bonds. The van der Waals surface area contributed by atoms with Crippen LogP contribution in [0.5, 0.6) is 0 Å². The number of hydrogen-bond donors (Lipinski definition) is 0. The SMILES string of the molecule is CC(=O)CCS(=O)(=O)CCC(C)C. The molecule has 0 rings (SSSR count). The first kappa shape index (κ1) is 12.6. The molecule has 0 N–H and O–H groups in total. The minimum Gasteiger partial charge on any atom is -0.300 e. The van der Waals surface area contributed by atoms with E-state index >= 15 is 0 Å². The first-order chi connectivity index (χ1) is 5.83. The van der Waals surface area contributed by atoms with E-state index in [1.165, 1.54) is 6.92 Å². The van der Waals surface area contributed by atoms with Crippen LogP contribution in [-0.4, -0.2) is 25.7 Å². The largest absolute Gasteiger partial charge is 0.300 e. The van der Waals surface area contributed by atoms with E-state index in [9.17, 15) is 13.2 Å². The summed E-state index contributed by atoms with van der Waals surface area (Å²) in [5, 5.41) is 0. The van der Waals surface area contributed by atoms with E-state index in [-0.39, 0.29) is 23.7 Å². The molecule has 13 heavy (non-hydrogen) atoms. The molecule has 0 spiro atoms. The fraction of sp³-hybridized carbons (Fsp3) is 0.889. The number of rotatable bonds is 6. The smallest absolute Gasteiger partial charge is 0.150 e. The summed E-state index contributed by atoms with van der Waals surface area (Å²) in [4.78, 5) is 10.6. The van der Waals surface area contributed by atoms with E-state index in [1.807, 2.05) is 13.8 Å². The number of sulfone groups is 1. The number of hydrogen-bond acceptors (Lipinski definition) is 3. The highest BCUT2D eigenvalue weighted by Gasteiger charge is 2.12. The second-order valence-corrected chi connectivity index (χ2v) is 6.09. The van der Waals surface area contributed by atoms with Gasteiger partial charge in [-0.1, -0.05) is 13.8 Å². The summed E-state index contributed by atoms with van der Waals surface area (Å²) < 4.78 is 22.6. The highest BCUT2D eigenvalue weighted by Crippen LogP contribution is 2.04. The van der Waals surface area contributed by atoms with Gasteiger partial charge in [0.05, 0.1) is 11.5 Å². The van der Waals surface area contributed by atoms with Gasteiger partial charge in [0, 0.05) is 6.42 Å². The van der Waals surface area contributed by atoms with Crippen molar-refractivity contribution in [2.24, 2.45) is 5.92 Å². The fourth-order valence-corrected chi connectivity index (χ4v) is 2.45. The second-order valence-electron chi connectivity index (χ2n) is 3.79. The van der Waals surface area contributed by atoms with Crippen LogP contribution in [0.2, 0.25) is 0 Å². The zero-order valence-electron chi connectivity index (χ0n) is 8.54. The molecule has 0 radical (unpaired) electrons. The number of carbonyl (C=O) groups is 1. The van der Waals surface area contributed by atoms with Crippen molar-refractivity contribution in [2.45, 2.75) is 33.6 Å². The fourth-order valence-electron chi connectivity index (χ4n) is 0.817. The summed E-state index contributed by atoms with van der Waals surface area (Å²) in [7, 11) is -2.99. The van der Waals surface area contributed by atoms with E-state index in [4.69, 9.17) is 0 Å². The second kappa shape index (κ2) is 5.37. The van der Waals surface area contributed by atoms with Gasteiger partial charge >= 0.3 is 0 Å². The summed E-state index contributed by atoms with van der Waals surface area (Å²) in [6, 6.07) is 0. The van der Waals surface area contributed by atoms with Crippen molar-refractivity contribution in [2.75, 3.05) is 11.5 Å². The van der Waals surface area contributed by atoms with Crippen LogP contribution >= 0.6 is 0 Å². The van der Waals surface area contributed by atoms with Gasteiger partial charge in [-0.05, 0) is 19.3 Å². The Kier molecular flexibility index (Phi) is 5.21. The lowest BCUT2D eigenvalue weighted by Gasteiger charge is -2.04. The van der Waals surface area contributed by atoms with Crippen LogP contribution in [0.25, 0.3) is 0 Å².